The molecule has 86 valence electrons. The third-order valence-corrected chi connectivity index (χ3v) is 1.62. The number of aliphatic hydroxyl groups is 2. The summed E-state index contributed by atoms with van der Waals surface area (Å²) in [5, 5.41) is 20.6. The first-order valence-corrected chi connectivity index (χ1v) is 5.09. The van der Waals surface area contributed by atoms with Crippen LogP contribution >= 0.6 is 0 Å². The zero-order chi connectivity index (χ0) is 11.0. The summed E-state index contributed by atoms with van der Waals surface area (Å²) in [5.74, 6) is 0. The van der Waals surface area contributed by atoms with Crippen molar-refractivity contribution in [3.05, 3.63) is 0 Å². The average Bonchev–Trinajstić information content (AvgIpc) is 2.08. The maximum Gasteiger partial charge on any atom is 0.0894 e. The lowest BCUT2D eigenvalue weighted by Crippen LogP contribution is -2.31. The van der Waals surface area contributed by atoms with Crippen LogP contribution in [0.5, 0.6) is 0 Å². The molecule has 4 heteroatoms. The minimum Gasteiger partial charge on any atom is -0.394 e. The Morgan fingerprint density at radius 1 is 1.36 bits per heavy atom. The van der Waals surface area contributed by atoms with Gasteiger partial charge in [-0.05, 0) is 33.7 Å². The van der Waals surface area contributed by atoms with E-state index in [9.17, 15) is 0 Å². The number of ether oxygens (including phenoxy) is 1. The third kappa shape index (κ3) is 9.92. The van der Waals surface area contributed by atoms with E-state index in [1.165, 1.54) is 0 Å². The molecule has 0 aliphatic heterocycles. The number of hydrogen-bond acceptors (Lipinski definition) is 4. The van der Waals surface area contributed by atoms with Gasteiger partial charge in [0.2, 0.25) is 0 Å². The highest BCUT2D eigenvalue weighted by atomic mass is 16.5. The van der Waals surface area contributed by atoms with Gasteiger partial charge >= 0.3 is 0 Å². The van der Waals surface area contributed by atoms with E-state index in [2.05, 4.69) is 5.32 Å². The van der Waals surface area contributed by atoms with E-state index in [4.69, 9.17) is 14.9 Å². The number of rotatable bonds is 7. The molecule has 0 aromatic rings. The summed E-state index contributed by atoms with van der Waals surface area (Å²) in [6.45, 7) is 7.83. The highest BCUT2D eigenvalue weighted by molar-refractivity contribution is 4.60. The first-order valence-electron chi connectivity index (χ1n) is 5.09. The molecule has 0 aromatic carbocycles. The zero-order valence-corrected chi connectivity index (χ0v) is 9.42. The summed E-state index contributed by atoms with van der Waals surface area (Å²) in [6, 6.07) is 0. The molecule has 0 radical (unpaired) electrons. The summed E-state index contributed by atoms with van der Waals surface area (Å²) < 4.78 is 5.51. The molecule has 0 spiro atoms. The van der Waals surface area contributed by atoms with Crippen LogP contribution in [0.4, 0.5) is 0 Å². The maximum atomic E-state index is 9.00. The van der Waals surface area contributed by atoms with Crippen LogP contribution in [-0.2, 0) is 4.74 Å². The lowest BCUT2D eigenvalue weighted by atomic mass is 10.2. The SMILES string of the molecule is CC(C)(C)OCCCNCC(O)CO. The van der Waals surface area contributed by atoms with Crippen LogP contribution in [0.3, 0.4) is 0 Å². The van der Waals surface area contributed by atoms with Crippen LogP contribution in [0.25, 0.3) is 0 Å². The molecule has 0 saturated heterocycles. The monoisotopic (exact) mass is 205 g/mol. The van der Waals surface area contributed by atoms with Crippen molar-refractivity contribution in [1.82, 2.24) is 5.32 Å². The van der Waals surface area contributed by atoms with Gasteiger partial charge < -0.3 is 20.3 Å². The molecule has 14 heavy (non-hydrogen) atoms. The van der Waals surface area contributed by atoms with Crippen LogP contribution in [-0.4, -0.2) is 48.2 Å². The van der Waals surface area contributed by atoms with E-state index in [-0.39, 0.29) is 12.2 Å². The van der Waals surface area contributed by atoms with E-state index < -0.39 is 6.10 Å². The summed E-state index contributed by atoms with van der Waals surface area (Å²) >= 11 is 0. The summed E-state index contributed by atoms with van der Waals surface area (Å²) in [7, 11) is 0. The predicted octanol–water partition coefficient (Wildman–Crippen LogP) is 0.134. The van der Waals surface area contributed by atoms with E-state index in [1.54, 1.807) is 0 Å². The van der Waals surface area contributed by atoms with Crippen molar-refractivity contribution in [3.8, 4) is 0 Å². The van der Waals surface area contributed by atoms with Crippen molar-refractivity contribution in [2.45, 2.75) is 38.9 Å². The van der Waals surface area contributed by atoms with Gasteiger partial charge in [-0.3, -0.25) is 0 Å². The summed E-state index contributed by atoms with van der Waals surface area (Å²) in [6.07, 6.45) is 0.258. The fourth-order valence-corrected chi connectivity index (χ4v) is 0.909. The van der Waals surface area contributed by atoms with Gasteiger partial charge in [0, 0.05) is 13.2 Å². The molecule has 0 aliphatic carbocycles. The number of aliphatic hydroxyl groups excluding tert-OH is 2. The Hall–Kier alpha value is -0.160. The first-order chi connectivity index (χ1) is 6.45. The summed E-state index contributed by atoms with van der Waals surface area (Å²) in [4.78, 5) is 0. The minimum absolute atomic E-state index is 0.0788. The van der Waals surface area contributed by atoms with Crippen molar-refractivity contribution in [3.63, 3.8) is 0 Å². The Balaban J connectivity index is 3.14. The van der Waals surface area contributed by atoms with Crippen LogP contribution in [0.2, 0.25) is 0 Å². The van der Waals surface area contributed by atoms with Crippen LogP contribution < -0.4 is 5.32 Å². The molecule has 1 unspecified atom stereocenters. The summed E-state index contributed by atoms with van der Waals surface area (Å²) in [5.41, 5.74) is -0.0788. The molecule has 0 aromatic heterocycles. The predicted molar refractivity (Wildman–Crippen MR) is 56.3 cm³/mol. The van der Waals surface area contributed by atoms with Crippen LogP contribution in [0, 0.1) is 0 Å². The number of hydrogen-bond donors (Lipinski definition) is 3. The highest BCUT2D eigenvalue weighted by Crippen LogP contribution is 2.06. The van der Waals surface area contributed by atoms with Crippen molar-refractivity contribution >= 4 is 0 Å². The Bertz CT molecular complexity index is 134. The van der Waals surface area contributed by atoms with E-state index in [0.717, 1.165) is 13.0 Å². The van der Waals surface area contributed by atoms with E-state index >= 15 is 0 Å². The van der Waals surface area contributed by atoms with Crippen molar-refractivity contribution in [2.75, 3.05) is 26.3 Å². The molecule has 0 aliphatic rings. The van der Waals surface area contributed by atoms with Crippen molar-refractivity contribution in [2.24, 2.45) is 0 Å². The van der Waals surface area contributed by atoms with E-state index in [1.807, 2.05) is 20.8 Å². The third-order valence-electron chi connectivity index (χ3n) is 1.62. The minimum atomic E-state index is -0.654. The molecule has 0 amide bonds. The standard InChI is InChI=1S/C10H23NO3/c1-10(2,3)14-6-4-5-11-7-9(13)8-12/h9,11-13H,4-8H2,1-3H3. The lowest BCUT2D eigenvalue weighted by Gasteiger charge is -2.19. The van der Waals surface area contributed by atoms with Crippen LogP contribution in [0.1, 0.15) is 27.2 Å². The van der Waals surface area contributed by atoms with Crippen molar-refractivity contribution < 1.29 is 14.9 Å². The lowest BCUT2D eigenvalue weighted by molar-refractivity contribution is -0.00411. The molecule has 4 nitrogen and oxygen atoms in total. The number of nitrogens with one attached hydrogen (secondary N) is 1. The van der Waals surface area contributed by atoms with Gasteiger partial charge in [-0.2, -0.15) is 0 Å². The van der Waals surface area contributed by atoms with Gasteiger partial charge in [0.25, 0.3) is 0 Å². The second-order valence-electron chi connectivity index (χ2n) is 4.35. The second-order valence-corrected chi connectivity index (χ2v) is 4.35. The van der Waals surface area contributed by atoms with Gasteiger partial charge in [-0.1, -0.05) is 0 Å². The topological polar surface area (TPSA) is 61.7 Å². The van der Waals surface area contributed by atoms with Gasteiger partial charge in [-0.15, -0.1) is 0 Å². The van der Waals surface area contributed by atoms with Gasteiger partial charge in [0.05, 0.1) is 18.3 Å². The molecular formula is C10H23NO3. The Kier molecular flexibility index (Phi) is 7.09. The molecule has 0 saturated carbocycles. The fraction of sp³-hybridized carbons (Fsp3) is 1.00. The van der Waals surface area contributed by atoms with Gasteiger partial charge in [0.15, 0.2) is 0 Å². The normalized spacial score (nSPS) is 14.4. The molecule has 0 bridgehead atoms. The first kappa shape index (κ1) is 13.8. The smallest absolute Gasteiger partial charge is 0.0894 e. The van der Waals surface area contributed by atoms with Crippen molar-refractivity contribution in [1.29, 1.82) is 0 Å². The Morgan fingerprint density at radius 2 is 2.00 bits per heavy atom. The maximum absolute atomic E-state index is 9.00. The molecule has 0 fully saturated rings. The molecule has 0 heterocycles. The average molecular weight is 205 g/mol. The molecule has 3 N–H and O–H groups in total. The van der Waals surface area contributed by atoms with Crippen LogP contribution in [0.15, 0.2) is 0 Å². The second kappa shape index (κ2) is 7.17. The largest absolute Gasteiger partial charge is 0.394 e. The Morgan fingerprint density at radius 3 is 2.50 bits per heavy atom. The fourth-order valence-electron chi connectivity index (χ4n) is 0.909. The quantitative estimate of drug-likeness (QED) is 0.517. The molecule has 1 atom stereocenters. The zero-order valence-electron chi connectivity index (χ0n) is 9.42. The molecule has 0 rings (SSSR count). The van der Waals surface area contributed by atoms with Gasteiger partial charge in [0.1, 0.15) is 0 Å². The molecular weight excluding hydrogens is 182 g/mol. The van der Waals surface area contributed by atoms with Gasteiger partial charge in [-0.25, -0.2) is 0 Å². The Labute approximate surface area is 86.3 Å². The van der Waals surface area contributed by atoms with E-state index in [0.29, 0.717) is 13.2 Å². The highest BCUT2D eigenvalue weighted by Gasteiger charge is 2.08.